The normalized spacial score (nSPS) is 14.5. The molecule has 0 bridgehead atoms. The topological polar surface area (TPSA) is 26.3 Å². The van der Waals surface area contributed by atoms with Gasteiger partial charge in [0.15, 0.2) is 0 Å². The summed E-state index contributed by atoms with van der Waals surface area (Å²) in [7, 11) is 0. The molecule has 4 aliphatic carbocycles. The number of hydrogen-bond donors (Lipinski definition) is 0. The van der Waals surface area contributed by atoms with Crippen molar-refractivity contribution in [3.05, 3.63) is 299 Å². The van der Waals surface area contributed by atoms with Gasteiger partial charge in [-0.1, -0.05) is 404 Å². The molecule has 120 heavy (non-hydrogen) atoms. The lowest BCUT2D eigenvalue weighted by Crippen LogP contribution is -2.25. The number of para-hydroxylation sites is 2. The summed E-state index contributed by atoms with van der Waals surface area (Å²) in [5, 5.41) is 4.83. The van der Waals surface area contributed by atoms with Crippen molar-refractivity contribution in [2.24, 2.45) is 0 Å². The summed E-state index contributed by atoms with van der Waals surface area (Å²) in [4.78, 5) is 0. The third kappa shape index (κ3) is 14.0. The Morgan fingerprint density at radius 2 is 0.467 bits per heavy atom. The summed E-state index contributed by atoms with van der Waals surface area (Å²) in [5.41, 5.74) is 40.4. The quantitative estimate of drug-likeness (QED) is 0.0376. The molecule has 4 aliphatic rings. The van der Waals surface area contributed by atoms with E-state index in [1.54, 1.807) is 0 Å². The number of unbranched alkanes of at least 4 members (excludes halogenated alkanes) is 20. The average Bonchev–Trinajstić information content (AvgIpc) is 1.52. The molecule has 0 spiro atoms. The van der Waals surface area contributed by atoms with Gasteiger partial charge in [-0.3, -0.25) is 0 Å². The molecule has 0 fully saturated rings. The van der Waals surface area contributed by atoms with Gasteiger partial charge in [-0.05, 0) is 231 Å². The predicted octanol–water partition coefficient (Wildman–Crippen LogP) is 35.6. The van der Waals surface area contributed by atoms with Gasteiger partial charge >= 0.3 is 0 Å². The third-order valence-electron chi connectivity index (χ3n) is 29.5. The first-order valence-corrected chi connectivity index (χ1v) is 46.9. The zero-order chi connectivity index (χ0) is 81.7. The van der Waals surface area contributed by atoms with E-state index in [9.17, 15) is 0 Å². The van der Waals surface area contributed by atoms with E-state index in [4.69, 9.17) is 8.83 Å². The Labute approximate surface area is 715 Å². The van der Waals surface area contributed by atoms with E-state index < -0.39 is 0 Å². The maximum atomic E-state index is 7.49. The molecular formula is C118H122O2. The van der Waals surface area contributed by atoms with Crippen molar-refractivity contribution in [2.75, 3.05) is 0 Å². The number of fused-ring (bicyclic) bond motifs is 20. The number of hydrogen-bond acceptors (Lipinski definition) is 2. The lowest BCUT2D eigenvalue weighted by atomic mass is 9.70. The number of rotatable bonds is 34. The van der Waals surface area contributed by atoms with Gasteiger partial charge in [0.25, 0.3) is 0 Å². The van der Waals surface area contributed by atoms with Crippen molar-refractivity contribution >= 4 is 43.9 Å². The van der Waals surface area contributed by atoms with Crippen molar-refractivity contribution in [1.82, 2.24) is 0 Å². The summed E-state index contributed by atoms with van der Waals surface area (Å²) in [6.45, 7) is 19.4. The van der Waals surface area contributed by atoms with Gasteiger partial charge in [0.05, 0.1) is 0 Å². The monoisotopic (exact) mass is 1570 g/mol. The van der Waals surface area contributed by atoms with E-state index >= 15 is 0 Å². The van der Waals surface area contributed by atoms with Gasteiger partial charge in [0.2, 0.25) is 0 Å². The van der Waals surface area contributed by atoms with E-state index in [1.807, 2.05) is 0 Å². The summed E-state index contributed by atoms with van der Waals surface area (Å²) >= 11 is 0. The number of furan rings is 2. The van der Waals surface area contributed by atoms with E-state index in [1.165, 1.54) is 331 Å². The molecule has 15 aromatic rings. The van der Waals surface area contributed by atoms with Crippen molar-refractivity contribution in [3.63, 3.8) is 0 Å². The van der Waals surface area contributed by atoms with Gasteiger partial charge in [-0.15, -0.1) is 0 Å². The van der Waals surface area contributed by atoms with Crippen LogP contribution in [0.15, 0.2) is 264 Å². The lowest BCUT2D eigenvalue weighted by molar-refractivity contribution is 0.398. The zero-order valence-corrected chi connectivity index (χ0v) is 72.9. The molecule has 0 saturated carbocycles. The van der Waals surface area contributed by atoms with Crippen LogP contribution in [0.4, 0.5) is 0 Å². The van der Waals surface area contributed by atoms with Gasteiger partial charge in [-0.25, -0.2) is 0 Å². The summed E-state index contributed by atoms with van der Waals surface area (Å²) in [5.74, 6) is 0. The van der Waals surface area contributed by atoms with Crippen molar-refractivity contribution in [3.8, 4) is 111 Å². The van der Waals surface area contributed by atoms with Crippen LogP contribution in [0, 0.1) is 0 Å². The van der Waals surface area contributed by atoms with Gasteiger partial charge < -0.3 is 8.83 Å². The van der Waals surface area contributed by atoms with Crippen LogP contribution in [0.5, 0.6) is 0 Å². The van der Waals surface area contributed by atoms with Gasteiger partial charge in [0, 0.05) is 54.3 Å². The molecular weight excluding hydrogens is 1450 g/mol. The van der Waals surface area contributed by atoms with Crippen LogP contribution in [-0.2, 0) is 21.7 Å². The third-order valence-corrected chi connectivity index (χ3v) is 29.5. The van der Waals surface area contributed by atoms with Crippen LogP contribution in [0.2, 0.25) is 0 Å². The fraction of sp³-hybridized carbons (Fsp3) is 0.339. The Hall–Kier alpha value is -10.5. The first-order chi connectivity index (χ1) is 58.8. The van der Waals surface area contributed by atoms with Crippen molar-refractivity contribution in [1.29, 1.82) is 0 Å². The van der Waals surface area contributed by atoms with E-state index in [0.717, 1.165) is 48.0 Å². The highest BCUT2D eigenvalue weighted by Gasteiger charge is 2.48. The standard InChI is InChI=1S/C118H122O2/c1-9-13-17-21-25-39-67-117(68-40-26-22-18-14-10-2)101-71-85(83-55-51-81(52-56-83)79-43-31-29-32-44-79)59-63-89(101)91-65-61-87(73-103(91)117)95-75-105-109(111-93-47-35-37-49-107(93)119-113(95)111)97-77-100-98(78-99(97)115(105,5)6)110-106(116(100,7)8)76-96(114-112(110)94-48-36-38-50-108(94)120-114)88-62-66-92-90-64-60-86(84-57-53-82(54-58-84)80-45-33-30-34-46-80)72-102(90)118(104(92)74-88,69-41-27-23-19-15-11-3)70-42-28-24-20-16-12-4/h29-38,43-66,71-78H,9-28,39-42,67-70H2,1-8H3. The number of benzene rings is 13. The fourth-order valence-electron chi connectivity index (χ4n) is 22.9. The Bertz CT molecular complexity index is 5850. The smallest absolute Gasteiger partial charge is 0.143 e. The van der Waals surface area contributed by atoms with Crippen LogP contribution in [0.1, 0.15) is 280 Å². The molecule has 0 N–H and O–H groups in total. The minimum Gasteiger partial charge on any atom is -0.455 e. The Balaban J connectivity index is 0.734. The first-order valence-electron chi connectivity index (χ1n) is 46.9. The second kappa shape index (κ2) is 33.5. The van der Waals surface area contributed by atoms with Crippen LogP contribution >= 0.6 is 0 Å². The van der Waals surface area contributed by atoms with Crippen molar-refractivity contribution in [2.45, 2.75) is 257 Å². The Kier molecular flexibility index (Phi) is 22.1. The Morgan fingerprint density at radius 1 is 0.208 bits per heavy atom. The zero-order valence-electron chi connectivity index (χ0n) is 72.9. The molecule has 19 rings (SSSR count). The highest BCUT2D eigenvalue weighted by Crippen LogP contribution is 2.64. The van der Waals surface area contributed by atoms with Crippen molar-refractivity contribution < 1.29 is 8.83 Å². The second-order valence-electron chi connectivity index (χ2n) is 37.7. The molecule has 13 aromatic carbocycles. The minimum absolute atomic E-state index is 0.145. The SMILES string of the molecule is CCCCCCCCC1(CCCCCCCC)c2cc(-c3ccc(-c4ccccc4)cc3)ccc2-c2ccc(-c3cc4c(c5c3oc3ccccc35)-c3cc5c(cc3C4(C)C)-c3c(cc(-c4ccc6c(c4)C(CCCCCCCC)(CCCCCCCC)c4cc(-c7ccc(-c8ccccc8)cc7)ccc4-6)c4oc6ccccc6c34)C5(C)C)cc21. The summed E-state index contributed by atoms with van der Waals surface area (Å²) < 4.78 is 15.0. The largest absolute Gasteiger partial charge is 0.455 e. The average molecular weight is 1570 g/mol. The summed E-state index contributed by atoms with van der Waals surface area (Å²) in [6.07, 6.45) is 35.2. The predicted molar refractivity (Wildman–Crippen MR) is 513 cm³/mol. The molecule has 0 atom stereocenters. The van der Waals surface area contributed by atoms with Crippen LogP contribution in [0.3, 0.4) is 0 Å². The molecule has 2 heteroatoms. The van der Waals surface area contributed by atoms with E-state index in [2.05, 4.69) is 310 Å². The molecule has 0 amide bonds. The maximum absolute atomic E-state index is 7.49. The maximum Gasteiger partial charge on any atom is 0.143 e. The Morgan fingerprint density at radius 3 is 0.800 bits per heavy atom. The second-order valence-corrected chi connectivity index (χ2v) is 37.7. The first kappa shape index (κ1) is 79.3. The molecule has 0 radical (unpaired) electrons. The molecule has 2 aromatic heterocycles. The van der Waals surface area contributed by atoms with Crippen LogP contribution in [0.25, 0.3) is 155 Å². The highest BCUT2D eigenvalue weighted by atomic mass is 16.3. The molecule has 0 saturated heterocycles. The van der Waals surface area contributed by atoms with E-state index in [0.29, 0.717) is 0 Å². The summed E-state index contributed by atoms with van der Waals surface area (Å²) in [6, 6.07) is 99.2. The molecule has 606 valence electrons. The highest BCUT2D eigenvalue weighted by molar-refractivity contribution is 6.21. The molecule has 2 heterocycles. The van der Waals surface area contributed by atoms with Crippen LogP contribution < -0.4 is 0 Å². The van der Waals surface area contributed by atoms with Gasteiger partial charge in [-0.2, -0.15) is 0 Å². The fourth-order valence-corrected chi connectivity index (χ4v) is 22.9. The van der Waals surface area contributed by atoms with Gasteiger partial charge in [0.1, 0.15) is 22.3 Å². The molecule has 0 unspecified atom stereocenters. The lowest BCUT2D eigenvalue weighted by Gasteiger charge is -2.33. The van der Waals surface area contributed by atoms with Crippen LogP contribution in [-0.4, -0.2) is 0 Å². The minimum atomic E-state index is -0.374. The molecule has 2 nitrogen and oxygen atoms in total. The molecule has 0 aliphatic heterocycles. The van der Waals surface area contributed by atoms with E-state index in [-0.39, 0.29) is 21.7 Å².